The van der Waals surface area contributed by atoms with Crippen LogP contribution in [0.15, 0.2) is 54.6 Å². The Hall–Kier alpha value is -2.18. The number of nitrogens with zero attached hydrogens (tertiary/aromatic N) is 1. The number of carbonyl (C=O) groups excluding carboxylic acids is 1. The molecule has 0 spiro atoms. The molecule has 0 aliphatic rings. The fourth-order valence-electron chi connectivity index (χ4n) is 2.24. The summed E-state index contributed by atoms with van der Waals surface area (Å²) in [7, 11) is -3.35. The van der Waals surface area contributed by atoms with Crippen LogP contribution in [-0.2, 0) is 16.6 Å². The molecule has 0 fully saturated rings. The molecule has 24 heavy (non-hydrogen) atoms. The predicted octanol–water partition coefficient (Wildman–Crippen LogP) is 2.19. The second kappa shape index (κ2) is 8.08. The van der Waals surface area contributed by atoms with Crippen molar-refractivity contribution < 1.29 is 13.2 Å². The van der Waals surface area contributed by atoms with Crippen molar-refractivity contribution in [2.24, 2.45) is 0 Å². The third kappa shape index (κ3) is 5.47. The number of amides is 1. The van der Waals surface area contributed by atoms with Crippen LogP contribution in [0.5, 0.6) is 0 Å². The largest absolute Gasteiger partial charge is 0.351 e. The van der Waals surface area contributed by atoms with Gasteiger partial charge in [-0.05, 0) is 24.6 Å². The molecule has 2 rings (SSSR count). The molecule has 0 heterocycles. The first kappa shape index (κ1) is 18.2. The molecule has 2 aromatic carbocycles. The average Bonchev–Trinajstić information content (AvgIpc) is 2.55. The molecule has 0 radical (unpaired) electrons. The van der Waals surface area contributed by atoms with Gasteiger partial charge in [-0.15, -0.1) is 0 Å². The van der Waals surface area contributed by atoms with Gasteiger partial charge in [0.2, 0.25) is 10.0 Å². The lowest BCUT2D eigenvalue weighted by molar-refractivity contribution is 0.0951. The Morgan fingerprint density at radius 1 is 1.04 bits per heavy atom. The molecule has 0 saturated heterocycles. The fourth-order valence-corrected chi connectivity index (χ4v) is 3.05. The van der Waals surface area contributed by atoms with Gasteiger partial charge in [-0.2, -0.15) is 4.31 Å². The molecule has 0 aliphatic carbocycles. The Balaban J connectivity index is 1.95. The van der Waals surface area contributed by atoms with E-state index in [1.54, 1.807) is 24.3 Å². The highest BCUT2D eigenvalue weighted by Gasteiger charge is 2.17. The minimum absolute atomic E-state index is 0.209. The van der Waals surface area contributed by atoms with Crippen molar-refractivity contribution in [3.05, 3.63) is 71.3 Å². The molecule has 1 amide bonds. The number of hydrogen-bond donors (Lipinski definition) is 1. The lowest BCUT2D eigenvalue weighted by atomic mass is 10.1. The number of benzene rings is 2. The van der Waals surface area contributed by atoms with E-state index in [0.717, 1.165) is 11.1 Å². The number of aryl methyl sites for hydroxylation is 1. The van der Waals surface area contributed by atoms with Crippen LogP contribution in [0.2, 0.25) is 0 Å². The summed E-state index contributed by atoms with van der Waals surface area (Å²) in [6.07, 6.45) is 1.18. The van der Waals surface area contributed by atoms with E-state index in [2.05, 4.69) is 5.32 Å². The molecular weight excluding hydrogens is 324 g/mol. The van der Waals surface area contributed by atoms with Gasteiger partial charge < -0.3 is 5.32 Å². The van der Waals surface area contributed by atoms with E-state index in [4.69, 9.17) is 0 Å². The first-order valence-electron chi connectivity index (χ1n) is 7.70. The van der Waals surface area contributed by atoms with E-state index >= 15 is 0 Å². The maximum absolute atomic E-state index is 12.0. The molecule has 0 unspecified atom stereocenters. The van der Waals surface area contributed by atoms with Crippen LogP contribution in [0.25, 0.3) is 0 Å². The van der Waals surface area contributed by atoms with Gasteiger partial charge >= 0.3 is 0 Å². The third-order valence-electron chi connectivity index (χ3n) is 3.63. The number of carbonyl (C=O) groups is 1. The minimum Gasteiger partial charge on any atom is -0.351 e. The highest BCUT2D eigenvalue weighted by Crippen LogP contribution is 2.09. The molecule has 6 heteroatoms. The Morgan fingerprint density at radius 3 is 2.25 bits per heavy atom. The molecule has 128 valence electrons. The topological polar surface area (TPSA) is 66.5 Å². The Morgan fingerprint density at radius 2 is 1.67 bits per heavy atom. The molecule has 0 aliphatic heterocycles. The van der Waals surface area contributed by atoms with E-state index in [9.17, 15) is 13.2 Å². The van der Waals surface area contributed by atoms with Crippen molar-refractivity contribution in [1.29, 1.82) is 0 Å². The van der Waals surface area contributed by atoms with Gasteiger partial charge in [0.15, 0.2) is 0 Å². The zero-order chi connectivity index (χ0) is 17.6. The van der Waals surface area contributed by atoms with Crippen molar-refractivity contribution in [3.63, 3.8) is 0 Å². The number of sulfonamides is 1. The monoisotopic (exact) mass is 346 g/mol. The van der Waals surface area contributed by atoms with E-state index in [1.807, 2.05) is 37.3 Å². The normalized spacial score (nSPS) is 11.5. The molecule has 0 saturated carbocycles. The zero-order valence-corrected chi connectivity index (χ0v) is 14.7. The maximum atomic E-state index is 12.0. The Labute approximate surface area is 143 Å². The lowest BCUT2D eigenvalue weighted by Crippen LogP contribution is -2.37. The summed E-state index contributed by atoms with van der Waals surface area (Å²) < 4.78 is 25.3. The first-order chi connectivity index (χ1) is 11.4. The molecule has 0 bridgehead atoms. The zero-order valence-electron chi connectivity index (χ0n) is 13.9. The van der Waals surface area contributed by atoms with Crippen molar-refractivity contribution in [2.75, 3.05) is 19.3 Å². The second-order valence-electron chi connectivity index (χ2n) is 5.70. The summed E-state index contributed by atoms with van der Waals surface area (Å²) in [4.78, 5) is 12.0. The second-order valence-corrected chi connectivity index (χ2v) is 7.69. The average molecular weight is 346 g/mol. The van der Waals surface area contributed by atoms with Crippen LogP contribution < -0.4 is 5.32 Å². The van der Waals surface area contributed by atoms with E-state index in [1.165, 1.54) is 10.6 Å². The quantitative estimate of drug-likeness (QED) is 0.836. The fraction of sp³-hybridized carbons (Fsp3) is 0.278. The Kier molecular flexibility index (Phi) is 6.11. The minimum atomic E-state index is -3.35. The van der Waals surface area contributed by atoms with Gasteiger partial charge in [-0.25, -0.2) is 8.42 Å². The smallest absolute Gasteiger partial charge is 0.251 e. The van der Waals surface area contributed by atoms with E-state index < -0.39 is 10.0 Å². The van der Waals surface area contributed by atoms with Crippen LogP contribution in [0, 0.1) is 6.92 Å². The van der Waals surface area contributed by atoms with Gasteiger partial charge in [0.1, 0.15) is 0 Å². The van der Waals surface area contributed by atoms with E-state index in [0.29, 0.717) is 12.1 Å². The van der Waals surface area contributed by atoms with Gasteiger partial charge in [0.25, 0.3) is 5.91 Å². The molecule has 0 aromatic heterocycles. The van der Waals surface area contributed by atoms with Crippen LogP contribution in [0.4, 0.5) is 0 Å². The predicted molar refractivity (Wildman–Crippen MR) is 95.2 cm³/mol. The van der Waals surface area contributed by atoms with Gasteiger partial charge in [0, 0.05) is 25.2 Å². The van der Waals surface area contributed by atoms with Crippen LogP contribution >= 0.6 is 0 Å². The molecule has 1 N–H and O–H groups in total. The molecule has 0 atom stereocenters. The van der Waals surface area contributed by atoms with Gasteiger partial charge in [-0.1, -0.05) is 48.0 Å². The number of nitrogens with one attached hydrogen (secondary N) is 1. The summed E-state index contributed by atoms with van der Waals surface area (Å²) in [5.41, 5.74) is 2.60. The molecular formula is C18H22N2O3S. The summed E-state index contributed by atoms with van der Waals surface area (Å²) in [6.45, 7) is 2.76. The van der Waals surface area contributed by atoms with Gasteiger partial charge in [0.05, 0.1) is 6.26 Å². The molecule has 5 nitrogen and oxygen atoms in total. The number of hydrogen-bond acceptors (Lipinski definition) is 3. The summed E-state index contributed by atoms with van der Waals surface area (Å²) >= 11 is 0. The molecule has 2 aromatic rings. The third-order valence-corrected chi connectivity index (χ3v) is 4.88. The lowest BCUT2D eigenvalue weighted by Gasteiger charge is -2.20. The SMILES string of the molecule is Cc1ccc(CN(CCNC(=O)c2ccccc2)S(C)(=O)=O)cc1. The Bertz CT molecular complexity index is 772. The van der Waals surface area contributed by atoms with Crippen molar-refractivity contribution in [2.45, 2.75) is 13.5 Å². The number of rotatable bonds is 7. The van der Waals surface area contributed by atoms with E-state index in [-0.39, 0.29) is 19.0 Å². The van der Waals surface area contributed by atoms with Crippen LogP contribution in [-0.4, -0.2) is 38.0 Å². The van der Waals surface area contributed by atoms with Gasteiger partial charge in [-0.3, -0.25) is 4.79 Å². The first-order valence-corrected chi connectivity index (χ1v) is 9.55. The van der Waals surface area contributed by atoms with Crippen LogP contribution in [0.1, 0.15) is 21.5 Å². The summed E-state index contributed by atoms with van der Waals surface area (Å²) in [5.74, 6) is -0.209. The van der Waals surface area contributed by atoms with Crippen molar-refractivity contribution in [1.82, 2.24) is 9.62 Å². The standard InChI is InChI=1S/C18H22N2O3S/c1-15-8-10-16(11-9-15)14-20(24(2,22)23)13-12-19-18(21)17-6-4-3-5-7-17/h3-11H,12-14H2,1-2H3,(H,19,21). The van der Waals surface area contributed by atoms with Crippen molar-refractivity contribution in [3.8, 4) is 0 Å². The highest BCUT2D eigenvalue weighted by molar-refractivity contribution is 7.88. The van der Waals surface area contributed by atoms with Crippen LogP contribution in [0.3, 0.4) is 0 Å². The maximum Gasteiger partial charge on any atom is 0.251 e. The highest BCUT2D eigenvalue weighted by atomic mass is 32.2. The van der Waals surface area contributed by atoms with Crippen molar-refractivity contribution >= 4 is 15.9 Å². The summed E-state index contributed by atoms with van der Waals surface area (Å²) in [5, 5.41) is 2.75. The summed E-state index contributed by atoms with van der Waals surface area (Å²) in [6, 6.07) is 16.6.